The van der Waals surface area contributed by atoms with Gasteiger partial charge < -0.3 is 15.3 Å². The smallest absolute Gasteiger partial charge is 0.226 e. The van der Waals surface area contributed by atoms with Crippen LogP contribution >= 0.6 is 11.3 Å². The summed E-state index contributed by atoms with van der Waals surface area (Å²) < 4.78 is 0. The quantitative estimate of drug-likeness (QED) is 0.715. The standard InChI is InChI=1S/C23H28N4O2S/c24-16-20-19-4-2-1-3-5-21(19)30-23(20)25-22(29)10-11-26-12-14-27(15-13-26)17-6-8-18(28)9-7-17/h6-9,28H,1-5,10-15H2,(H,25,29). The SMILES string of the molecule is N#Cc1c(NC(=O)CCN2CCN(c3ccc(O)cc3)CC2)sc2c1CCCCC2. The number of anilines is 2. The van der Waals surface area contributed by atoms with Crippen molar-refractivity contribution in [3.63, 3.8) is 0 Å². The molecule has 1 aliphatic carbocycles. The highest BCUT2D eigenvalue weighted by atomic mass is 32.1. The molecule has 0 radical (unpaired) electrons. The second-order valence-corrected chi connectivity index (χ2v) is 9.13. The molecule has 1 saturated heterocycles. The number of hydrogen-bond acceptors (Lipinski definition) is 6. The molecule has 0 atom stereocenters. The van der Waals surface area contributed by atoms with E-state index in [4.69, 9.17) is 0 Å². The van der Waals surface area contributed by atoms with Crippen LogP contribution < -0.4 is 10.2 Å². The highest BCUT2D eigenvalue weighted by molar-refractivity contribution is 7.16. The zero-order valence-corrected chi connectivity index (χ0v) is 18.0. The Kier molecular flexibility index (Phi) is 6.56. The van der Waals surface area contributed by atoms with Crippen LogP contribution in [0.3, 0.4) is 0 Å². The summed E-state index contributed by atoms with van der Waals surface area (Å²) in [7, 11) is 0. The third-order valence-electron chi connectivity index (χ3n) is 6.03. The highest BCUT2D eigenvalue weighted by Crippen LogP contribution is 2.37. The van der Waals surface area contributed by atoms with Crippen LogP contribution in [0.4, 0.5) is 10.7 Å². The predicted octanol–water partition coefficient (Wildman–Crippen LogP) is 3.75. The van der Waals surface area contributed by atoms with E-state index in [1.54, 1.807) is 23.5 Å². The molecule has 1 aromatic carbocycles. The van der Waals surface area contributed by atoms with E-state index in [0.29, 0.717) is 12.0 Å². The first-order chi connectivity index (χ1) is 14.6. The maximum Gasteiger partial charge on any atom is 0.226 e. The average Bonchev–Trinajstić information content (AvgIpc) is 2.92. The van der Waals surface area contributed by atoms with Gasteiger partial charge in [-0.1, -0.05) is 6.42 Å². The van der Waals surface area contributed by atoms with Crippen LogP contribution in [0.5, 0.6) is 5.75 Å². The molecule has 1 aliphatic heterocycles. The van der Waals surface area contributed by atoms with E-state index in [2.05, 4.69) is 21.2 Å². The fourth-order valence-electron chi connectivity index (χ4n) is 4.29. The number of aryl methyl sites for hydroxylation is 1. The molecule has 4 rings (SSSR count). The zero-order chi connectivity index (χ0) is 20.9. The summed E-state index contributed by atoms with van der Waals surface area (Å²) in [5.74, 6) is 0.272. The number of nitriles is 1. The van der Waals surface area contributed by atoms with Gasteiger partial charge in [0.05, 0.1) is 5.56 Å². The van der Waals surface area contributed by atoms with Crippen LogP contribution in [0.25, 0.3) is 0 Å². The number of amides is 1. The number of rotatable bonds is 5. The minimum Gasteiger partial charge on any atom is -0.508 e. The van der Waals surface area contributed by atoms with E-state index < -0.39 is 0 Å². The minimum atomic E-state index is -0.0103. The van der Waals surface area contributed by atoms with E-state index in [-0.39, 0.29) is 11.7 Å². The second kappa shape index (κ2) is 9.50. The van der Waals surface area contributed by atoms with E-state index in [0.717, 1.165) is 62.7 Å². The van der Waals surface area contributed by atoms with E-state index >= 15 is 0 Å². The lowest BCUT2D eigenvalue weighted by molar-refractivity contribution is -0.116. The van der Waals surface area contributed by atoms with Crippen molar-refractivity contribution in [1.29, 1.82) is 5.26 Å². The summed E-state index contributed by atoms with van der Waals surface area (Å²) in [5, 5.41) is 22.8. The summed E-state index contributed by atoms with van der Waals surface area (Å²) in [6.45, 7) is 4.35. The number of fused-ring (bicyclic) bond motifs is 1. The molecular formula is C23H28N4O2S. The molecule has 1 amide bonds. The number of piperazine rings is 1. The van der Waals surface area contributed by atoms with Gasteiger partial charge in [-0.2, -0.15) is 5.26 Å². The van der Waals surface area contributed by atoms with Crippen molar-refractivity contribution in [2.75, 3.05) is 42.9 Å². The molecular weight excluding hydrogens is 396 g/mol. The normalized spacial score (nSPS) is 17.1. The Balaban J connectivity index is 1.27. The van der Waals surface area contributed by atoms with Gasteiger partial charge in [0, 0.05) is 49.7 Å². The predicted molar refractivity (Wildman–Crippen MR) is 120 cm³/mol. The number of carbonyl (C=O) groups excluding carboxylic acids is 1. The number of nitrogens with one attached hydrogen (secondary N) is 1. The Labute approximate surface area is 181 Å². The van der Waals surface area contributed by atoms with E-state index in [1.807, 2.05) is 12.1 Å². The Morgan fingerprint density at radius 1 is 1.10 bits per heavy atom. The molecule has 0 saturated carbocycles. The van der Waals surface area contributed by atoms with Gasteiger partial charge in [-0.15, -0.1) is 11.3 Å². The lowest BCUT2D eigenvalue weighted by Crippen LogP contribution is -2.47. The molecule has 0 unspecified atom stereocenters. The number of benzene rings is 1. The van der Waals surface area contributed by atoms with Gasteiger partial charge in [0.2, 0.25) is 5.91 Å². The number of carbonyl (C=O) groups is 1. The van der Waals surface area contributed by atoms with Crippen LogP contribution in [-0.2, 0) is 17.6 Å². The van der Waals surface area contributed by atoms with Crippen molar-refractivity contribution < 1.29 is 9.90 Å². The molecule has 2 aliphatic rings. The third kappa shape index (κ3) is 4.77. The number of phenols is 1. The zero-order valence-electron chi connectivity index (χ0n) is 17.2. The highest BCUT2D eigenvalue weighted by Gasteiger charge is 2.22. The first kappa shape index (κ1) is 20.7. The first-order valence-corrected chi connectivity index (χ1v) is 11.6. The molecule has 30 heavy (non-hydrogen) atoms. The maximum absolute atomic E-state index is 12.5. The van der Waals surface area contributed by atoms with Crippen LogP contribution in [0.2, 0.25) is 0 Å². The van der Waals surface area contributed by atoms with Crippen LogP contribution in [0.1, 0.15) is 41.7 Å². The average molecular weight is 425 g/mol. The first-order valence-electron chi connectivity index (χ1n) is 10.7. The number of nitrogens with zero attached hydrogens (tertiary/aromatic N) is 3. The molecule has 2 aromatic rings. The van der Waals surface area contributed by atoms with Gasteiger partial charge in [0.25, 0.3) is 0 Å². The van der Waals surface area contributed by atoms with Crippen molar-refractivity contribution in [2.45, 2.75) is 38.5 Å². The fraction of sp³-hybridized carbons (Fsp3) is 0.478. The monoisotopic (exact) mass is 424 g/mol. The number of aromatic hydroxyl groups is 1. The fourth-order valence-corrected chi connectivity index (χ4v) is 5.55. The van der Waals surface area contributed by atoms with Gasteiger partial charge in [-0.25, -0.2) is 0 Å². The van der Waals surface area contributed by atoms with Crippen molar-refractivity contribution >= 4 is 27.9 Å². The molecule has 0 bridgehead atoms. The van der Waals surface area contributed by atoms with Gasteiger partial charge >= 0.3 is 0 Å². The molecule has 158 valence electrons. The van der Waals surface area contributed by atoms with Crippen LogP contribution in [-0.4, -0.2) is 48.6 Å². The largest absolute Gasteiger partial charge is 0.508 e. The van der Waals surface area contributed by atoms with Gasteiger partial charge in [0.1, 0.15) is 16.8 Å². The Hall–Kier alpha value is -2.56. The van der Waals surface area contributed by atoms with Gasteiger partial charge in [0.15, 0.2) is 0 Å². The summed E-state index contributed by atoms with van der Waals surface area (Å²) >= 11 is 1.60. The molecule has 7 heteroatoms. The van der Waals surface area contributed by atoms with Crippen LogP contribution in [0.15, 0.2) is 24.3 Å². The Bertz CT molecular complexity index is 924. The lowest BCUT2D eigenvalue weighted by atomic mass is 10.1. The summed E-state index contributed by atoms with van der Waals surface area (Å²) in [5.41, 5.74) is 2.97. The lowest BCUT2D eigenvalue weighted by Gasteiger charge is -2.36. The van der Waals surface area contributed by atoms with Crippen molar-refractivity contribution in [1.82, 2.24) is 4.90 Å². The Morgan fingerprint density at radius 3 is 2.57 bits per heavy atom. The van der Waals surface area contributed by atoms with Gasteiger partial charge in [-0.3, -0.25) is 9.69 Å². The van der Waals surface area contributed by atoms with Crippen molar-refractivity contribution in [3.05, 3.63) is 40.3 Å². The Morgan fingerprint density at radius 2 is 1.83 bits per heavy atom. The molecule has 1 aromatic heterocycles. The molecule has 2 N–H and O–H groups in total. The number of thiophene rings is 1. The van der Waals surface area contributed by atoms with E-state index in [1.165, 1.54) is 23.3 Å². The van der Waals surface area contributed by atoms with E-state index in [9.17, 15) is 15.2 Å². The molecule has 2 heterocycles. The summed E-state index contributed by atoms with van der Waals surface area (Å²) in [6.07, 6.45) is 5.93. The van der Waals surface area contributed by atoms with Crippen molar-refractivity contribution in [3.8, 4) is 11.8 Å². The molecule has 0 spiro atoms. The summed E-state index contributed by atoms with van der Waals surface area (Å²) in [4.78, 5) is 18.4. The number of hydrogen-bond donors (Lipinski definition) is 2. The minimum absolute atomic E-state index is 0.0103. The maximum atomic E-state index is 12.5. The topological polar surface area (TPSA) is 79.6 Å². The summed E-state index contributed by atoms with van der Waals surface area (Å²) in [6, 6.07) is 9.63. The van der Waals surface area contributed by atoms with Crippen molar-refractivity contribution in [2.24, 2.45) is 0 Å². The number of phenolic OH excluding ortho intramolecular Hbond substituents is 1. The van der Waals surface area contributed by atoms with Crippen LogP contribution in [0, 0.1) is 11.3 Å². The molecule has 6 nitrogen and oxygen atoms in total. The van der Waals surface area contributed by atoms with Gasteiger partial charge in [-0.05, 0) is 55.5 Å². The third-order valence-corrected chi connectivity index (χ3v) is 7.24. The molecule has 1 fully saturated rings. The second-order valence-electron chi connectivity index (χ2n) is 8.02.